The summed E-state index contributed by atoms with van der Waals surface area (Å²) in [4.78, 5) is 13.0. The largest absolute Gasteiger partial charge is 0.494 e. The number of nitrogen functional groups attached to an aromatic ring is 1. The van der Waals surface area contributed by atoms with Crippen molar-refractivity contribution < 1.29 is 14.3 Å². The first kappa shape index (κ1) is 13.9. The van der Waals surface area contributed by atoms with Crippen molar-refractivity contribution >= 4 is 38.9 Å². The molecular weight excluding hydrogens is 330 g/mol. The van der Waals surface area contributed by atoms with Gasteiger partial charge < -0.3 is 15.2 Å². The summed E-state index contributed by atoms with van der Waals surface area (Å²) in [6.07, 6.45) is 0. The number of ether oxygens (including phenoxy) is 2. The van der Waals surface area contributed by atoms with E-state index < -0.39 is 5.97 Å². The van der Waals surface area contributed by atoms with Crippen LogP contribution in [0.25, 0.3) is 10.4 Å². The van der Waals surface area contributed by atoms with E-state index in [2.05, 4.69) is 15.9 Å². The van der Waals surface area contributed by atoms with Crippen molar-refractivity contribution in [1.29, 1.82) is 0 Å². The maximum atomic E-state index is 11.7. The molecule has 1 aromatic carbocycles. The quantitative estimate of drug-likeness (QED) is 0.684. The second-order valence-corrected chi connectivity index (χ2v) is 5.54. The van der Waals surface area contributed by atoms with Crippen LogP contribution in [0.5, 0.6) is 5.75 Å². The molecule has 2 rings (SSSR count). The van der Waals surface area contributed by atoms with Gasteiger partial charge in [0.2, 0.25) is 0 Å². The molecule has 0 aliphatic carbocycles. The Morgan fingerprint density at radius 1 is 1.37 bits per heavy atom. The first-order valence-corrected chi connectivity index (χ1v) is 7.00. The molecule has 0 saturated carbocycles. The van der Waals surface area contributed by atoms with Gasteiger partial charge in [0.05, 0.1) is 23.6 Å². The number of carbonyl (C=O) groups is 1. The maximum Gasteiger partial charge on any atom is 0.351 e. The van der Waals surface area contributed by atoms with Crippen molar-refractivity contribution in [3.8, 4) is 16.2 Å². The van der Waals surface area contributed by atoms with Crippen LogP contribution in [-0.2, 0) is 4.74 Å². The minimum atomic E-state index is -0.419. The van der Waals surface area contributed by atoms with Gasteiger partial charge in [0.25, 0.3) is 0 Å². The smallest absolute Gasteiger partial charge is 0.351 e. The lowest BCUT2D eigenvalue weighted by Crippen LogP contribution is -2.00. The zero-order valence-electron chi connectivity index (χ0n) is 10.4. The average molecular weight is 342 g/mol. The van der Waals surface area contributed by atoms with Crippen molar-refractivity contribution in [2.45, 2.75) is 0 Å². The van der Waals surface area contributed by atoms with E-state index in [4.69, 9.17) is 15.2 Å². The standard InChI is InChI=1S/C13H12BrNO3S/c1-17-10-9(14)11(19-12(10)13(16)18-2)7-4-3-5-8(15)6-7/h3-6H,15H2,1-2H3. The number of carbonyl (C=O) groups excluding carboxylic acids is 1. The minimum absolute atomic E-state index is 0.419. The van der Waals surface area contributed by atoms with Crippen LogP contribution in [0.4, 0.5) is 5.69 Å². The van der Waals surface area contributed by atoms with Crippen LogP contribution in [0.3, 0.4) is 0 Å². The number of nitrogens with two attached hydrogens (primary N) is 1. The van der Waals surface area contributed by atoms with Gasteiger partial charge in [-0.3, -0.25) is 0 Å². The third-order valence-electron chi connectivity index (χ3n) is 2.53. The summed E-state index contributed by atoms with van der Waals surface area (Å²) in [5.41, 5.74) is 7.36. The molecule has 19 heavy (non-hydrogen) atoms. The van der Waals surface area contributed by atoms with E-state index in [0.717, 1.165) is 14.9 Å². The van der Waals surface area contributed by atoms with E-state index in [9.17, 15) is 4.79 Å². The van der Waals surface area contributed by atoms with Crippen molar-refractivity contribution in [1.82, 2.24) is 0 Å². The lowest BCUT2D eigenvalue weighted by atomic mass is 10.1. The van der Waals surface area contributed by atoms with Crippen molar-refractivity contribution in [2.75, 3.05) is 20.0 Å². The zero-order chi connectivity index (χ0) is 14.0. The Kier molecular flexibility index (Phi) is 4.11. The highest BCUT2D eigenvalue weighted by atomic mass is 79.9. The second-order valence-electron chi connectivity index (χ2n) is 3.72. The summed E-state index contributed by atoms with van der Waals surface area (Å²) in [5.74, 6) is 0.0620. The number of benzene rings is 1. The van der Waals surface area contributed by atoms with Crippen LogP contribution in [-0.4, -0.2) is 20.2 Å². The fourth-order valence-corrected chi connectivity index (χ4v) is 3.71. The Morgan fingerprint density at radius 3 is 2.68 bits per heavy atom. The van der Waals surface area contributed by atoms with Gasteiger partial charge in [-0.1, -0.05) is 12.1 Å². The molecule has 2 aromatic rings. The van der Waals surface area contributed by atoms with E-state index in [1.165, 1.54) is 25.6 Å². The first-order chi connectivity index (χ1) is 9.08. The van der Waals surface area contributed by atoms with Crippen LogP contribution in [0.2, 0.25) is 0 Å². The second kappa shape index (κ2) is 5.63. The van der Waals surface area contributed by atoms with Crippen LogP contribution in [0.1, 0.15) is 9.67 Å². The molecule has 0 aliphatic rings. The maximum absolute atomic E-state index is 11.7. The molecule has 4 nitrogen and oxygen atoms in total. The summed E-state index contributed by atoms with van der Waals surface area (Å²) in [7, 11) is 2.86. The molecule has 2 N–H and O–H groups in total. The van der Waals surface area contributed by atoms with Gasteiger partial charge in [-0.15, -0.1) is 11.3 Å². The average Bonchev–Trinajstić information content (AvgIpc) is 2.74. The first-order valence-electron chi connectivity index (χ1n) is 5.39. The Bertz CT molecular complexity index is 624. The fraction of sp³-hybridized carbons (Fsp3) is 0.154. The molecule has 0 atom stereocenters. The number of hydrogen-bond donors (Lipinski definition) is 1. The van der Waals surface area contributed by atoms with Gasteiger partial charge in [-0.05, 0) is 33.6 Å². The molecule has 1 heterocycles. The molecule has 0 spiro atoms. The van der Waals surface area contributed by atoms with Crippen LogP contribution in [0.15, 0.2) is 28.7 Å². The topological polar surface area (TPSA) is 61.5 Å². The highest BCUT2D eigenvalue weighted by Crippen LogP contribution is 2.45. The molecule has 0 fully saturated rings. The monoisotopic (exact) mass is 341 g/mol. The lowest BCUT2D eigenvalue weighted by Gasteiger charge is -2.01. The van der Waals surface area contributed by atoms with Gasteiger partial charge in [0.15, 0.2) is 10.6 Å². The Labute approximate surface area is 123 Å². The summed E-state index contributed by atoms with van der Waals surface area (Å²) in [5, 5.41) is 0. The number of hydrogen-bond acceptors (Lipinski definition) is 5. The van der Waals surface area contributed by atoms with Gasteiger partial charge in [-0.2, -0.15) is 0 Å². The van der Waals surface area contributed by atoms with Crippen molar-refractivity contribution in [3.05, 3.63) is 33.6 Å². The molecule has 6 heteroatoms. The predicted octanol–water partition coefficient (Wildman–Crippen LogP) is 3.56. The number of thiophene rings is 1. The molecule has 0 bridgehead atoms. The van der Waals surface area contributed by atoms with E-state index in [0.29, 0.717) is 16.3 Å². The SMILES string of the molecule is COC(=O)c1sc(-c2cccc(N)c2)c(Br)c1OC. The molecule has 0 saturated heterocycles. The highest BCUT2D eigenvalue weighted by Gasteiger charge is 2.23. The summed E-state index contributed by atoms with van der Waals surface area (Å²) < 4.78 is 10.7. The summed E-state index contributed by atoms with van der Waals surface area (Å²) >= 11 is 4.76. The van der Waals surface area contributed by atoms with Gasteiger partial charge >= 0.3 is 5.97 Å². The number of methoxy groups -OCH3 is 2. The minimum Gasteiger partial charge on any atom is -0.494 e. The molecule has 100 valence electrons. The molecule has 1 aromatic heterocycles. The van der Waals surface area contributed by atoms with Crippen molar-refractivity contribution in [2.24, 2.45) is 0 Å². The normalized spacial score (nSPS) is 10.3. The predicted molar refractivity (Wildman–Crippen MR) is 79.8 cm³/mol. The van der Waals surface area contributed by atoms with Gasteiger partial charge in [0, 0.05) is 5.69 Å². The van der Waals surface area contributed by atoms with E-state index >= 15 is 0 Å². The van der Waals surface area contributed by atoms with E-state index in [1.54, 1.807) is 0 Å². The Hall–Kier alpha value is -1.53. The van der Waals surface area contributed by atoms with Gasteiger partial charge in [-0.25, -0.2) is 4.79 Å². The number of halogens is 1. The third-order valence-corrected chi connectivity index (χ3v) is 4.75. The Balaban J connectivity index is 2.59. The Morgan fingerprint density at radius 2 is 2.11 bits per heavy atom. The van der Waals surface area contributed by atoms with E-state index in [1.807, 2.05) is 24.3 Å². The zero-order valence-corrected chi connectivity index (χ0v) is 12.8. The van der Waals surface area contributed by atoms with Crippen LogP contribution < -0.4 is 10.5 Å². The van der Waals surface area contributed by atoms with Crippen LogP contribution >= 0.6 is 27.3 Å². The van der Waals surface area contributed by atoms with Gasteiger partial charge in [0.1, 0.15) is 0 Å². The molecular formula is C13H12BrNO3S. The molecule has 0 unspecified atom stereocenters. The summed E-state index contributed by atoms with van der Waals surface area (Å²) in [6.45, 7) is 0. The molecule has 0 radical (unpaired) electrons. The van der Waals surface area contributed by atoms with Crippen molar-refractivity contribution in [3.63, 3.8) is 0 Å². The molecule has 0 aliphatic heterocycles. The number of anilines is 1. The van der Waals surface area contributed by atoms with Crippen LogP contribution in [0, 0.1) is 0 Å². The fourth-order valence-electron chi connectivity index (χ4n) is 1.67. The van der Waals surface area contributed by atoms with E-state index in [-0.39, 0.29) is 0 Å². The summed E-state index contributed by atoms with van der Waals surface area (Å²) in [6, 6.07) is 7.44. The number of esters is 1. The lowest BCUT2D eigenvalue weighted by molar-refractivity contribution is 0.0603. The highest BCUT2D eigenvalue weighted by molar-refractivity contribution is 9.10. The molecule has 0 amide bonds. The third kappa shape index (κ3) is 2.59. The number of rotatable bonds is 3.